The van der Waals surface area contributed by atoms with Crippen molar-refractivity contribution in [2.75, 3.05) is 13.7 Å². The van der Waals surface area contributed by atoms with E-state index in [2.05, 4.69) is 4.99 Å². The summed E-state index contributed by atoms with van der Waals surface area (Å²) in [6.07, 6.45) is 0. The molecule has 0 aliphatic heterocycles. The SMILES string of the molecule is COCCn1c(=NC(=O)c2cc(C)cc(C)c2)sc2cccc(F)c21. The number of carbonyl (C=O) groups is 1. The summed E-state index contributed by atoms with van der Waals surface area (Å²) in [5, 5.41) is 0. The molecule has 0 unspecified atom stereocenters. The fraction of sp³-hybridized carbons (Fsp3) is 0.263. The molecule has 0 atom stereocenters. The Balaban J connectivity index is 2.14. The number of benzene rings is 2. The highest BCUT2D eigenvalue weighted by atomic mass is 32.1. The minimum Gasteiger partial charge on any atom is -0.383 e. The van der Waals surface area contributed by atoms with E-state index in [1.54, 1.807) is 17.7 Å². The Morgan fingerprint density at radius 3 is 2.64 bits per heavy atom. The van der Waals surface area contributed by atoms with E-state index in [0.717, 1.165) is 15.8 Å². The Hall–Kier alpha value is -2.31. The van der Waals surface area contributed by atoms with E-state index in [1.807, 2.05) is 38.1 Å². The minimum absolute atomic E-state index is 0.329. The Morgan fingerprint density at radius 2 is 1.96 bits per heavy atom. The molecule has 1 aromatic heterocycles. The van der Waals surface area contributed by atoms with Crippen molar-refractivity contribution in [3.8, 4) is 0 Å². The predicted octanol–water partition coefficient (Wildman–Crippen LogP) is 3.85. The molecular formula is C19H19FN2O2S. The van der Waals surface area contributed by atoms with Gasteiger partial charge in [-0.1, -0.05) is 34.6 Å². The second-order valence-electron chi connectivity index (χ2n) is 5.91. The molecule has 130 valence electrons. The van der Waals surface area contributed by atoms with Gasteiger partial charge in [0.05, 0.1) is 16.8 Å². The van der Waals surface area contributed by atoms with Crippen LogP contribution in [0.5, 0.6) is 0 Å². The van der Waals surface area contributed by atoms with Gasteiger partial charge in [-0.2, -0.15) is 4.99 Å². The summed E-state index contributed by atoms with van der Waals surface area (Å²) < 4.78 is 21.8. The number of hydrogen-bond acceptors (Lipinski definition) is 3. The number of nitrogens with zero attached hydrogens (tertiary/aromatic N) is 2. The molecule has 3 aromatic rings. The van der Waals surface area contributed by atoms with Crippen LogP contribution >= 0.6 is 11.3 Å². The largest absolute Gasteiger partial charge is 0.383 e. The fourth-order valence-corrected chi connectivity index (χ4v) is 3.88. The van der Waals surface area contributed by atoms with Crippen molar-refractivity contribution >= 4 is 27.5 Å². The van der Waals surface area contributed by atoms with E-state index in [4.69, 9.17) is 4.74 Å². The normalized spacial score (nSPS) is 12.1. The lowest BCUT2D eigenvalue weighted by atomic mass is 10.1. The zero-order chi connectivity index (χ0) is 18.0. The number of methoxy groups -OCH3 is 1. The van der Waals surface area contributed by atoms with Crippen LogP contribution < -0.4 is 4.80 Å². The number of halogens is 1. The molecule has 0 saturated carbocycles. The number of carbonyl (C=O) groups excluding carboxylic acids is 1. The molecule has 6 heteroatoms. The van der Waals surface area contributed by atoms with Gasteiger partial charge in [0.1, 0.15) is 5.82 Å². The number of aromatic nitrogens is 1. The summed E-state index contributed by atoms with van der Waals surface area (Å²) in [4.78, 5) is 17.3. The predicted molar refractivity (Wildman–Crippen MR) is 97.5 cm³/mol. The van der Waals surface area contributed by atoms with Crippen molar-refractivity contribution in [2.45, 2.75) is 20.4 Å². The summed E-state index contributed by atoms with van der Waals surface area (Å²) >= 11 is 1.30. The van der Waals surface area contributed by atoms with Gasteiger partial charge in [0.15, 0.2) is 4.80 Å². The van der Waals surface area contributed by atoms with E-state index in [-0.39, 0.29) is 11.7 Å². The maximum Gasteiger partial charge on any atom is 0.279 e. The van der Waals surface area contributed by atoms with Gasteiger partial charge in [0.25, 0.3) is 5.91 Å². The second kappa shape index (κ2) is 7.29. The topological polar surface area (TPSA) is 43.6 Å². The number of hydrogen-bond donors (Lipinski definition) is 0. The molecule has 25 heavy (non-hydrogen) atoms. The van der Waals surface area contributed by atoms with Crippen LogP contribution in [-0.4, -0.2) is 24.2 Å². The molecule has 0 aliphatic rings. The standard InChI is InChI=1S/C19H19FN2O2S/c1-12-9-13(2)11-14(10-12)18(23)21-19-22(7-8-24-3)17-15(20)5-4-6-16(17)25-19/h4-6,9-11H,7-8H2,1-3H3. The van der Waals surface area contributed by atoms with Crippen LogP contribution in [0.3, 0.4) is 0 Å². The smallest absolute Gasteiger partial charge is 0.279 e. The Bertz CT molecular complexity index is 984. The molecule has 0 N–H and O–H groups in total. The van der Waals surface area contributed by atoms with Crippen LogP contribution in [-0.2, 0) is 11.3 Å². The van der Waals surface area contributed by atoms with Crippen molar-refractivity contribution in [3.63, 3.8) is 0 Å². The molecule has 1 amide bonds. The van der Waals surface area contributed by atoms with E-state index in [1.165, 1.54) is 17.4 Å². The number of rotatable bonds is 4. The quantitative estimate of drug-likeness (QED) is 0.711. The molecule has 1 heterocycles. The summed E-state index contributed by atoms with van der Waals surface area (Å²) in [7, 11) is 1.59. The van der Waals surface area contributed by atoms with Crippen molar-refractivity contribution in [1.29, 1.82) is 0 Å². The number of fused-ring (bicyclic) bond motifs is 1. The first-order chi connectivity index (χ1) is 12.0. The summed E-state index contributed by atoms with van der Waals surface area (Å²) in [5.74, 6) is -0.657. The lowest BCUT2D eigenvalue weighted by Gasteiger charge is -2.05. The Kier molecular flexibility index (Phi) is 5.11. The Morgan fingerprint density at radius 1 is 1.24 bits per heavy atom. The zero-order valence-electron chi connectivity index (χ0n) is 14.4. The highest BCUT2D eigenvalue weighted by Crippen LogP contribution is 2.20. The third-order valence-electron chi connectivity index (χ3n) is 3.84. The van der Waals surface area contributed by atoms with Gasteiger partial charge in [0.2, 0.25) is 0 Å². The number of aryl methyl sites for hydroxylation is 2. The van der Waals surface area contributed by atoms with E-state index in [0.29, 0.717) is 29.0 Å². The Labute approximate surface area is 149 Å². The maximum absolute atomic E-state index is 14.3. The molecular weight excluding hydrogens is 339 g/mol. The van der Waals surface area contributed by atoms with Gasteiger partial charge in [-0.15, -0.1) is 0 Å². The highest BCUT2D eigenvalue weighted by molar-refractivity contribution is 7.16. The van der Waals surface area contributed by atoms with Crippen molar-refractivity contribution in [1.82, 2.24) is 4.57 Å². The molecule has 3 rings (SSSR count). The fourth-order valence-electron chi connectivity index (χ4n) is 2.81. The van der Waals surface area contributed by atoms with Crippen LogP contribution in [0.25, 0.3) is 10.2 Å². The van der Waals surface area contributed by atoms with Crippen LogP contribution in [0.2, 0.25) is 0 Å². The molecule has 2 aromatic carbocycles. The first-order valence-corrected chi connectivity index (χ1v) is 8.75. The van der Waals surface area contributed by atoms with Gasteiger partial charge < -0.3 is 9.30 Å². The van der Waals surface area contributed by atoms with Gasteiger partial charge >= 0.3 is 0 Å². The molecule has 0 radical (unpaired) electrons. The second-order valence-corrected chi connectivity index (χ2v) is 6.92. The summed E-state index contributed by atoms with van der Waals surface area (Å²) in [5.41, 5.74) is 3.01. The monoisotopic (exact) mass is 358 g/mol. The van der Waals surface area contributed by atoms with Crippen LogP contribution in [0.1, 0.15) is 21.5 Å². The van der Waals surface area contributed by atoms with Gasteiger partial charge in [-0.3, -0.25) is 4.79 Å². The first-order valence-electron chi connectivity index (χ1n) is 7.94. The van der Waals surface area contributed by atoms with E-state index >= 15 is 0 Å². The van der Waals surface area contributed by atoms with E-state index in [9.17, 15) is 9.18 Å². The zero-order valence-corrected chi connectivity index (χ0v) is 15.2. The minimum atomic E-state index is -0.329. The van der Waals surface area contributed by atoms with Crippen molar-refractivity contribution in [3.05, 3.63) is 63.7 Å². The van der Waals surface area contributed by atoms with Gasteiger partial charge in [0, 0.05) is 19.2 Å². The van der Waals surface area contributed by atoms with Gasteiger partial charge in [-0.05, 0) is 38.1 Å². The third kappa shape index (κ3) is 3.70. The highest BCUT2D eigenvalue weighted by Gasteiger charge is 2.12. The van der Waals surface area contributed by atoms with Crippen molar-refractivity contribution in [2.24, 2.45) is 4.99 Å². The van der Waals surface area contributed by atoms with Crippen LogP contribution in [0.15, 0.2) is 41.4 Å². The number of amides is 1. The molecule has 0 saturated heterocycles. The maximum atomic E-state index is 14.3. The number of thiazole rings is 1. The van der Waals surface area contributed by atoms with Gasteiger partial charge in [-0.25, -0.2) is 4.39 Å². The molecule has 0 aliphatic carbocycles. The first kappa shape index (κ1) is 17.5. The molecule has 0 fully saturated rings. The van der Waals surface area contributed by atoms with Crippen LogP contribution in [0.4, 0.5) is 4.39 Å². The molecule has 0 bridgehead atoms. The number of ether oxygens (including phenoxy) is 1. The van der Waals surface area contributed by atoms with Crippen LogP contribution in [0, 0.1) is 19.7 Å². The number of para-hydroxylation sites is 1. The third-order valence-corrected chi connectivity index (χ3v) is 4.88. The lowest BCUT2D eigenvalue weighted by molar-refractivity contribution is 0.0997. The van der Waals surface area contributed by atoms with E-state index < -0.39 is 0 Å². The summed E-state index contributed by atoms with van der Waals surface area (Å²) in [6.45, 7) is 4.72. The lowest BCUT2D eigenvalue weighted by Crippen LogP contribution is -2.20. The average molecular weight is 358 g/mol. The molecule has 4 nitrogen and oxygen atoms in total. The van der Waals surface area contributed by atoms with Crippen molar-refractivity contribution < 1.29 is 13.9 Å². The average Bonchev–Trinajstić information content (AvgIpc) is 2.90. The molecule has 0 spiro atoms. The summed E-state index contributed by atoms with van der Waals surface area (Å²) in [6, 6.07) is 10.5.